The summed E-state index contributed by atoms with van der Waals surface area (Å²) in [6, 6.07) is 10.2. The van der Waals surface area contributed by atoms with E-state index in [0.29, 0.717) is 11.3 Å². The molecule has 0 saturated carbocycles. The number of ether oxygens (including phenoxy) is 1. The highest BCUT2D eigenvalue weighted by molar-refractivity contribution is 7.19. The van der Waals surface area contributed by atoms with Crippen molar-refractivity contribution in [3.05, 3.63) is 58.7 Å². The lowest BCUT2D eigenvalue weighted by atomic mass is 10.1. The average molecular weight is 431 g/mol. The van der Waals surface area contributed by atoms with E-state index in [2.05, 4.69) is 21.4 Å². The van der Waals surface area contributed by atoms with Crippen molar-refractivity contribution < 1.29 is 9.53 Å². The predicted octanol–water partition coefficient (Wildman–Crippen LogP) is 6.06. The first kappa shape index (κ1) is 20.6. The Hall–Kier alpha value is -3.63. The molecule has 0 aliphatic carbocycles. The zero-order valence-electron chi connectivity index (χ0n) is 17.7. The van der Waals surface area contributed by atoms with Gasteiger partial charge in [-0.15, -0.1) is 11.3 Å². The van der Waals surface area contributed by atoms with Gasteiger partial charge in [-0.2, -0.15) is 5.26 Å². The van der Waals surface area contributed by atoms with Crippen LogP contribution in [0.1, 0.15) is 36.8 Å². The molecule has 0 saturated heterocycles. The second-order valence-electron chi connectivity index (χ2n) is 8.20. The number of aromatic nitrogens is 2. The van der Waals surface area contributed by atoms with Crippen molar-refractivity contribution in [3.63, 3.8) is 0 Å². The van der Waals surface area contributed by atoms with Crippen molar-refractivity contribution in [2.45, 2.75) is 33.3 Å². The highest BCUT2D eigenvalue weighted by Gasteiger charge is 2.16. The van der Waals surface area contributed by atoms with Gasteiger partial charge in [0.2, 0.25) is 0 Å². The number of pyridine rings is 1. The molecular formula is C24H22N4O2S. The lowest BCUT2D eigenvalue weighted by molar-refractivity contribution is -0.148. The Balaban J connectivity index is 1.71. The summed E-state index contributed by atoms with van der Waals surface area (Å²) < 4.78 is 5.32. The number of H-pyrrole nitrogens is 1. The van der Waals surface area contributed by atoms with E-state index in [-0.39, 0.29) is 0 Å². The van der Waals surface area contributed by atoms with E-state index >= 15 is 0 Å². The van der Waals surface area contributed by atoms with Gasteiger partial charge < -0.3 is 15.0 Å². The number of carbonyl (C=O) groups excluding carboxylic acids is 1. The van der Waals surface area contributed by atoms with Gasteiger partial charge in [0.15, 0.2) is 0 Å². The van der Waals surface area contributed by atoms with Crippen LogP contribution in [0.25, 0.3) is 27.2 Å². The number of hydrogen-bond acceptors (Lipinski definition) is 6. The molecule has 0 radical (unpaired) electrons. The van der Waals surface area contributed by atoms with Crippen molar-refractivity contribution in [1.29, 1.82) is 5.26 Å². The van der Waals surface area contributed by atoms with Crippen molar-refractivity contribution in [1.82, 2.24) is 9.97 Å². The molecule has 0 bridgehead atoms. The minimum absolute atomic E-state index is 0.399. The van der Waals surface area contributed by atoms with Crippen LogP contribution in [0.4, 0.5) is 11.4 Å². The number of esters is 1. The van der Waals surface area contributed by atoms with Gasteiger partial charge in [0.25, 0.3) is 0 Å². The summed E-state index contributed by atoms with van der Waals surface area (Å²) in [7, 11) is 0. The summed E-state index contributed by atoms with van der Waals surface area (Å²) in [5.74, 6) is -0.399. The molecule has 6 nitrogen and oxygen atoms in total. The number of benzene rings is 1. The Labute approximate surface area is 184 Å². The van der Waals surface area contributed by atoms with Crippen LogP contribution in [0.5, 0.6) is 0 Å². The number of nitrogens with one attached hydrogen (secondary N) is 2. The Morgan fingerprint density at radius 3 is 2.84 bits per heavy atom. The molecule has 0 fully saturated rings. The predicted molar refractivity (Wildman–Crippen MR) is 126 cm³/mol. The van der Waals surface area contributed by atoms with Crippen LogP contribution in [0, 0.1) is 18.3 Å². The first-order chi connectivity index (χ1) is 14.7. The van der Waals surface area contributed by atoms with Gasteiger partial charge in [-0.05, 0) is 63.6 Å². The van der Waals surface area contributed by atoms with Crippen molar-refractivity contribution >= 4 is 55.9 Å². The van der Waals surface area contributed by atoms with E-state index in [1.54, 1.807) is 12.3 Å². The molecule has 0 aliphatic heterocycles. The number of aryl methyl sites for hydroxylation is 1. The van der Waals surface area contributed by atoms with E-state index in [1.165, 1.54) is 17.4 Å². The maximum absolute atomic E-state index is 12.0. The molecule has 4 aromatic rings. The van der Waals surface area contributed by atoms with E-state index in [9.17, 15) is 10.1 Å². The monoisotopic (exact) mass is 430 g/mol. The number of nitrogens with zero attached hydrogens (tertiary/aromatic N) is 2. The first-order valence-electron chi connectivity index (χ1n) is 9.82. The molecular weight excluding hydrogens is 408 g/mol. The Kier molecular flexibility index (Phi) is 5.25. The highest BCUT2D eigenvalue weighted by Crippen LogP contribution is 2.36. The van der Waals surface area contributed by atoms with Gasteiger partial charge in [0, 0.05) is 45.3 Å². The molecule has 31 heavy (non-hydrogen) atoms. The van der Waals surface area contributed by atoms with Crippen molar-refractivity contribution in [2.75, 3.05) is 5.32 Å². The largest absolute Gasteiger partial charge is 0.457 e. The van der Waals surface area contributed by atoms with Gasteiger partial charge in [0.1, 0.15) is 16.5 Å². The summed E-state index contributed by atoms with van der Waals surface area (Å²) in [5, 5.41) is 15.0. The van der Waals surface area contributed by atoms with Gasteiger partial charge in [-0.25, -0.2) is 9.78 Å². The molecule has 3 aromatic heterocycles. The second kappa shape index (κ2) is 7.89. The SMILES string of the molecule is Cc1c(Nc2c(C#N)cnc3sc(C=CC(=O)OC(C)(C)C)cc23)ccc2[nH]ccc12. The Bertz CT molecular complexity index is 1370. The van der Waals surface area contributed by atoms with Crippen LogP contribution in [-0.4, -0.2) is 21.5 Å². The molecule has 156 valence electrons. The van der Waals surface area contributed by atoms with Gasteiger partial charge in [-0.3, -0.25) is 0 Å². The van der Waals surface area contributed by atoms with Crippen LogP contribution < -0.4 is 5.32 Å². The topological polar surface area (TPSA) is 90.8 Å². The maximum atomic E-state index is 12.0. The maximum Gasteiger partial charge on any atom is 0.331 e. The summed E-state index contributed by atoms with van der Waals surface area (Å²) in [6.45, 7) is 7.54. The van der Waals surface area contributed by atoms with Gasteiger partial charge >= 0.3 is 5.97 Å². The summed E-state index contributed by atoms with van der Waals surface area (Å²) in [4.78, 5) is 21.3. The Morgan fingerprint density at radius 2 is 2.10 bits per heavy atom. The molecule has 3 heterocycles. The molecule has 0 atom stereocenters. The Morgan fingerprint density at radius 1 is 1.29 bits per heavy atom. The number of anilines is 2. The van der Waals surface area contributed by atoms with Crippen LogP contribution in [0.15, 0.2) is 42.7 Å². The quantitative estimate of drug-likeness (QED) is 0.303. The fourth-order valence-electron chi connectivity index (χ4n) is 3.35. The van der Waals surface area contributed by atoms with E-state index in [4.69, 9.17) is 4.74 Å². The summed E-state index contributed by atoms with van der Waals surface area (Å²) in [5.41, 5.74) is 3.70. The average Bonchev–Trinajstić information content (AvgIpc) is 3.34. The fourth-order valence-corrected chi connectivity index (χ4v) is 4.26. The third-order valence-electron chi connectivity index (χ3n) is 4.76. The van der Waals surface area contributed by atoms with Crippen LogP contribution in [0.2, 0.25) is 0 Å². The lowest BCUT2D eigenvalue weighted by Crippen LogP contribution is -2.22. The van der Waals surface area contributed by atoms with Crippen molar-refractivity contribution in [2.24, 2.45) is 0 Å². The molecule has 7 heteroatoms. The molecule has 2 N–H and O–H groups in total. The third kappa shape index (κ3) is 4.30. The molecule has 4 rings (SSSR count). The molecule has 0 aliphatic rings. The number of fused-ring (bicyclic) bond motifs is 2. The van der Waals surface area contributed by atoms with Crippen molar-refractivity contribution in [3.8, 4) is 6.07 Å². The number of carbonyl (C=O) groups is 1. The van der Waals surface area contributed by atoms with Gasteiger partial charge in [-0.1, -0.05) is 0 Å². The lowest BCUT2D eigenvalue weighted by Gasteiger charge is -2.17. The number of aromatic amines is 1. The van der Waals surface area contributed by atoms with Crippen LogP contribution >= 0.6 is 11.3 Å². The number of nitriles is 1. The fraction of sp³-hybridized carbons (Fsp3) is 0.208. The van der Waals surface area contributed by atoms with Crippen LogP contribution in [-0.2, 0) is 9.53 Å². The minimum atomic E-state index is -0.541. The molecule has 0 amide bonds. The molecule has 0 unspecified atom stereocenters. The number of thiophene rings is 1. The zero-order valence-corrected chi connectivity index (χ0v) is 18.6. The third-order valence-corrected chi connectivity index (χ3v) is 5.76. The second-order valence-corrected chi connectivity index (χ2v) is 9.26. The van der Waals surface area contributed by atoms with Crippen LogP contribution in [0.3, 0.4) is 0 Å². The summed E-state index contributed by atoms with van der Waals surface area (Å²) in [6.07, 6.45) is 6.62. The summed E-state index contributed by atoms with van der Waals surface area (Å²) >= 11 is 1.45. The smallest absolute Gasteiger partial charge is 0.331 e. The number of rotatable bonds is 4. The first-order valence-corrected chi connectivity index (χ1v) is 10.6. The standard InChI is InChI=1S/C24H22N4O2S/c1-14-17-9-10-26-20(17)7-6-19(14)28-22-15(12-25)13-27-23-18(22)11-16(31-23)5-8-21(29)30-24(2,3)4/h5-11,13,26H,1-4H3,(H,27,28). The van der Waals surface area contributed by atoms with E-state index in [0.717, 1.165) is 37.2 Å². The van der Waals surface area contributed by atoms with E-state index in [1.807, 2.05) is 58.2 Å². The molecule has 1 aromatic carbocycles. The highest BCUT2D eigenvalue weighted by atomic mass is 32.1. The van der Waals surface area contributed by atoms with Gasteiger partial charge in [0.05, 0.1) is 11.3 Å². The minimum Gasteiger partial charge on any atom is -0.457 e. The van der Waals surface area contributed by atoms with E-state index < -0.39 is 11.6 Å². The molecule has 0 spiro atoms. The number of hydrogen-bond donors (Lipinski definition) is 2. The normalized spacial score (nSPS) is 11.8. The zero-order chi connectivity index (χ0) is 22.2.